The van der Waals surface area contributed by atoms with Crippen LogP contribution in [0.5, 0.6) is 5.88 Å². The number of aromatic hydroxyl groups is 1. The highest BCUT2D eigenvalue weighted by atomic mass is 16.3. The molecule has 0 aliphatic heterocycles. The summed E-state index contributed by atoms with van der Waals surface area (Å²) in [5, 5.41) is 12.2. The second-order valence-electron chi connectivity index (χ2n) is 3.75. The van der Waals surface area contributed by atoms with Crippen molar-refractivity contribution in [3.8, 4) is 5.88 Å². The topological polar surface area (TPSA) is 71.3 Å². The van der Waals surface area contributed by atoms with Gasteiger partial charge in [0.25, 0.3) is 5.56 Å². The second kappa shape index (κ2) is 4.83. The van der Waals surface area contributed by atoms with Crippen LogP contribution >= 0.6 is 0 Å². The van der Waals surface area contributed by atoms with E-state index in [0.29, 0.717) is 12.1 Å². The number of hydrogen-bond acceptors (Lipinski definition) is 3. The lowest BCUT2D eigenvalue weighted by molar-refractivity contribution is -0.118. The Hall–Kier alpha value is -1.78. The number of rotatable bonds is 3. The zero-order chi connectivity index (χ0) is 12.3. The van der Waals surface area contributed by atoms with Gasteiger partial charge in [-0.2, -0.15) is 0 Å². The summed E-state index contributed by atoms with van der Waals surface area (Å²) in [5.41, 5.74) is 1.15. The van der Waals surface area contributed by atoms with Crippen LogP contribution < -0.4 is 10.9 Å². The molecular formula is C11H16N2O3. The SMILES string of the molecule is CC(=O)NCCn1c(O)cc(C)c(C)c1=O. The van der Waals surface area contributed by atoms with Crippen LogP contribution in [0.1, 0.15) is 18.1 Å². The highest BCUT2D eigenvalue weighted by Crippen LogP contribution is 2.10. The molecule has 1 aromatic rings. The van der Waals surface area contributed by atoms with Crippen LogP contribution in [0.25, 0.3) is 0 Å². The molecule has 5 heteroatoms. The van der Waals surface area contributed by atoms with Crippen molar-refractivity contribution in [2.24, 2.45) is 0 Å². The Balaban J connectivity index is 2.92. The van der Waals surface area contributed by atoms with Gasteiger partial charge in [0.2, 0.25) is 5.91 Å². The number of aromatic nitrogens is 1. The minimum Gasteiger partial charge on any atom is -0.494 e. The van der Waals surface area contributed by atoms with Gasteiger partial charge in [-0.25, -0.2) is 0 Å². The summed E-state index contributed by atoms with van der Waals surface area (Å²) in [4.78, 5) is 22.4. The molecule has 0 unspecified atom stereocenters. The van der Waals surface area contributed by atoms with Crippen molar-refractivity contribution in [1.82, 2.24) is 9.88 Å². The first-order chi connectivity index (χ1) is 7.43. The molecule has 5 nitrogen and oxygen atoms in total. The van der Waals surface area contributed by atoms with Crippen LogP contribution in [0.15, 0.2) is 10.9 Å². The molecule has 0 bridgehead atoms. The Bertz CT molecular complexity index is 463. The fourth-order valence-electron chi connectivity index (χ4n) is 1.41. The molecule has 0 fully saturated rings. The van der Waals surface area contributed by atoms with Crippen LogP contribution in [0.2, 0.25) is 0 Å². The van der Waals surface area contributed by atoms with Crippen molar-refractivity contribution in [3.63, 3.8) is 0 Å². The van der Waals surface area contributed by atoms with Gasteiger partial charge < -0.3 is 10.4 Å². The molecule has 0 saturated heterocycles. The molecule has 16 heavy (non-hydrogen) atoms. The first kappa shape index (κ1) is 12.3. The quantitative estimate of drug-likeness (QED) is 0.776. The number of hydrogen-bond donors (Lipinski definition) is 2. The summed E-state index contributed by atoms with van der Waals surface area (Å²) in [6, 6.07) is 1.55. The van der Waals surface area contributed by atoms with Crippen molar-refractivity contribution >= 4 is 5.91 Å². The molecule has 0 aliphatic rings. The van der Waals surface area contributed by atoms with Crippen LogP contribution in [-0.4, -0.2) is 22.1 Å². The molecule has 0 aromatic carbocycles. The van der Waals surface area contributed by atoms with E-state index >= 15 is 0 Å². The number of carbonyl (C=O) groups is 1. The Morgan fingerprint density at radius 3 is 2.69 bits per heavy atom. The summed E-state index contributed by atoms with van der Waals surface area (Å²) in [5.74, 6) is -0.227. The summed E-state index contributed by atoms with van der Waals surface area (Å²) >= 11 is 0. The van der Waals surface area contributed by atoms with Gasteiger partial charge in [0, 0.05) is 31.6 Å². The molecule has 0 aliphatic carbocycles. The predicted molar refractivity (Wildman–Crippen MR) is 60.5 cm³/mol. The average molecular weight is 224 g/mol. The molecule has 0 spiro atoms. The molecule has 2 N–H and O–H groups in total. The van der Waals surface area contributed by atoms with E-state index in [1.54, 1.807) is 19.9 Å². The van der Waals surface area contributed by atoms with E-state index in [1.807, 2.05) is 0 Å². The first-order valence-electron chi connectivity index (χ1n) is 5.08. The largest absolute Gasteiger partial charge is 0.494 e. The van der Waals surface area contributed by atoms with E-state index in [1.165, 1.54) is 11.5 Å². The van der Waals surface area contributed by atoms with E-state index in [4.69, 9.17) is 0 Å². The fraction of sp³-hybridized carbons (Fsp3) is 0.455. The van der Waals surface area contributed by atoms with Crippen molar-refractivity contribution in [2.75, 3.05) is 6.54 Å². The summed E-state index contributed by atoms with van der Waals surface area (Å²) in [6.45, 7) is 5.49. The van der Waals surface area contributed by atoms with E-state index in [9.17, 15) is 14.7 Å². The Kier molecular flexibility index (Phi) is 3.71. The number of carbonyl (C=O) groups excluding carboxylic acids is 1. The maximum Gasteiger partial charge on any atom is 0.256 e. The van der Waals surface area contributed by atoms with Crippen LogP contribution in [-0.2, 0) is 11.3 Å². The highest BCUT2D eigenvalue weighted by Gasteiger charge is 2.08. The summed E-state index contributed by atoms with van der Waals surface area (Å²) in [7, 11) is 0. The number of nitrogens with zero attached hydrogens (tertiary/aromatic N) is 1. The van der Waals surface area contributed by atoms with Crippen LogP contribution in [0.4, 0.5) is 0 Å². The average Bonchev–Trinajstić information content (AvgIpc) is 2.19. The van der Waals surface area contributed by atoms with Gasteiger partial charge in [0.15, 0.2) is 5.88 Å². The van der Waals surface area contributed by atoms with Gasteiger partial charge in [0.05, 0.1) is 0 Å². The van der Waals surface area contributed by atoms with Crippen molar-refractivity contribution in [2.45, 2.75) is 27.3 Å². The van der Waals surface area contributed by atoms with E-state index in [2.05, 4.69) is 5.32 Å². The minimum absolute atomic E-state index is 0.0709. The monoisotopic (exact) mass is 224 g/mol. The number of nitrogens with one attached hydrogen (secondary N) is 1. The zero-order valence-corrected chi connectivity index (χ0v) is 9.70. The number of pyridine rings is 1. The van der Waals surface area contributed by atoms with Gasteiger partial charge >= 0.3 is 0 Å². The van der Waals surface area contributed by atoms with Crippen molar-refractivity contribution in [3.05, 3.63) is 27.5 Å². The molecule has 1 heterocycles. The smallest absolute Gasteiger partial charge is 0.256 e. The Morgan fingerprint density at radius 1 is 1.50 bits per heavy atom. The molecule has 0 radical (unpaired) electrons. The standard InChI is InChI=1S/C11H16N2O3/c1-7-6-10(15)13(11(16)8(7)2)5-4-12-9(3)14/h6,15H,4-5H2,1-3H3,(H,12,14). The lowest BCUT2D eigenvalue weighted by Gasteiger charge is -2.11. The molecule has 88 valence electrons. The Morgan fingerprint density at radius 2 is 2.12 bits per heavy atom. The minimum atomic E-state index is -0.220. The van der Waals surface area contributed by atoms with Crippen molar-refractivity contribution < 1.29 is 9.90 Å². The zero-order valence-electron chi connectivity index (χ0n) is 9.70. The van der Waals surface area contributed by atoms with E-state index in [-0.39, 0.29) is 23.9 Å². The van der Waals surface area contributed by atoms with Gasteiger partial charge in [0.1, 0.15) is 0 Å². The summed E-state index contributed by atoms with van der Waals surface area (Å²) in [6.07, 6.45) is 0. The lowest BCUT2D eigenvalue weighted by atomic mass is 10.2. The molecule has 1 amide bonds. The second-order valence-corrected chi connectivity index (χ2v) is 3.75. The molecule has 0 saturated carbocycles. The third kappa shape index (κ3) is 2.62. The van der Waals surface area contributed by atoms with E-state index in [0.717, 1.165) is 5.56 Å². The Labute approximate surface area is 93.7 Å². The third-order valence-electron chi connectivity index (χ3n) is 2.49. The van der Waals surface area contributed by atoms with Crippen molar-refractivity contribution in [1.29, 1.82) is 0 Å². The molecular weight excluding hydrogens is 208 g/mol. The number of aryl methyl sites for hydroxylation is 1. The maximum absolute atomic E-state index is 11.8. The highest BCUT2D eigenvalue weighted by molar-refractivity contribution is 5.72. The number of amides is 1. The summed E-state index contributed by atoms with van der Waals surface area (Å²) < 4.78 is 1.25. The molecule has 1 rings (SSSR count). The van der Waals surface area contributed by atoms with E-state index < -0.39 is 0 Å². The van der Waals surface area contributed by atoms with Crippen LogP contribution in [0.3, 0.4) is 0 Å². The molecule has 0 atom stereocenters. The van der Waals surface area contributed by atoms with Gasteiger partial charge in [-0.05, 0) is 19.4 Å². The van der Waals surface area contributed by atoms with Crippen LogP contribution in [0, 0.1) is 13.8 Å². The van der Waals surface area contributed by atoms with Gasteiger partial charge in [-0.1, -0.05) is 0 Å². The normalized spacial score (nSPS) is 10.2. The van der Waals surface area contributed by atoms with Gasteiger partial charge in [-0.3, -0.25) is 14.2 Å². The first-order valence-corrected chi connectivity index (χ1v) is 5.08. The molecule has 1 aromatic heterocycles. The predicted octanol–water partition coefficient (Wildman–Crippen LogP) is 0.307. The maximum atomic E-state index is 11.8. The van der Waals surface area contributed by atoms with Gasteiger partial charge in [-0.15, -0.1) is 0 Å². The third-order valence-corrected chi connectivity index (χ3v) is 2.49. The lowest BCUT2D eigenvalue weighted by Crippen LogP contribution is -2.30. The fourth-order valence-corrected chi connectivity index (χ4v) is 1.41.